The number of nitrogens with two attached hydrogens (primary N) is 2. The molecule has 12 heteroatoms. The maximum atomic E-state index is 14.8. The van der Waals surface area contributed by atoms with Crippen LogP contribution in [0.3, 0.4) is 0 Å². The first-order chi connectivity index (χ1) is 16.5. The van der Waals surface area contributed by atoms with Crippen LogP contribution >= 0.6 is 0 Å². The molecular formula is C23H30F3N7O2. The highest BCUT2D eigenvalue weighted by Gasteiger charge is 2.22. The van der Waals surface area contributed by atoms with Gasteiger partial charge in [-0.2, -0.15) is 0 Å². The number of ether oxygens (including phenoxy) is 1. The summed E-state index contributed by atoms with van der Waals surface area (Å²) in [5.41, 5.74) is 12.2. The van der Waals surface area contributed by atoms with Crippen molar-refractivity contribution in [3.63, 3.8) is 0 Å². The molecule has 190 valence electrons. The first-order valence-electron chi connectivity index (χ1n) is 11.1. The Kier molecular flexibility index (Phi) is 8.05. The highest BCUT2D eigenvalue weighted by molar-refractivity contribution is 5.99. The SMILES string of the molecule is COc1nn(CC(F)F)c2ccc(Nc3nc(N[C@H](CC(C)C)[C@H](C)N)c(F)cc3C(N)=O)cc12. The quantitative estimate of drug-likeness (QED) is 0.319. The van der Waals surface area contributed by atoms with E-state index in [4.69, 9.17) is 16.2 Å². The summed E-state index contributed by atoms with van der Waals surface area (Å²) >= 11 is 0. The van der Waals surface area contributed by atoms with Crippen LogP contribution in [-0.2, 0) is 6.54 Å². The molecule has 0 saturated heterocycles. The van der Waals surface area contributed by atoms with E-state index in [0.717, 1.165) is 10.7 Å². The Morgan fingerprint density at radius 1 is 1.20 bits per heavy atom. The summed E-state index contributed by atoms with van der Waals surface area (Å²) in [7, 11) is 1.38. The molecule has 9 nitrogen and oxygen atoms in total. The number of nitrogens with one attached hydrogen (secondary N) is 2. The van der Waals surface area contributed by atoms with Crippen LogP contribution in [0.2, 0.25) is 0 Å². The highest BCUT2D eigenvalue weighted by Crippen LogP contribution is 2.31. The number of alkyl halides is 2. The minimum absolute atomic E-state index is 0.0210. The van der Waals surface area contributed by atoms with Crippen molar-refractivity contribution in [1.29, 1.82) is 0 Å². The van der Waals surface area contributed by atoms with Crippen molar-refractivity contribution in [2.75, 3.05) is 17.7 Å². The lowest BCUT2D eigenvalue weighted by Crippen LogP contribution is -2.39. The van der Waals surface area contributed by atoms with Crippen LogP contribution in [0.4, 0.5) is 30.5 Å². The van der Waals surface area contributed by atoms with Crippen molar-refractivity contribution in [2.45, 2.75) is 52.2 Å². The first kappa shape index (κ1) is 26.1. The molecule has 0 saturated carbocycles. The van der Waals surface area contributed by atoms with Crippen LogP contribution in [0.5, 0.6) is 5.88 Å². The van der Waals surface area contributed by atoms with Gasteiger partial charge in [-0.25, -0.2) is 18.2 Å². The molecule has 1 amide bonds. The molecule has 3 aromatic rings. The predicted octanol–water partition coefficient (Wildman–Crippen LogP) is 3.86. The van der Waals surface area contributed by atoms with Gasteiger partial charge in [0.2, 0.25) is 5.88 Å². The molecule has 0 unspecified atom stereocenters. The van der Waals surface area contributed by atoms with E-state index in [9.17, 15) is 18.0 Å². The van der Waals surface area contributed by atoms with Gasteiger partial charge in [-0.1, -0.05) is 13.8 Å². The minimum atomic E-state index is -2.59. The zero-order valence-corrected chi connectivity index (χ0v) is 20.0. The number of anilines is 3. The highest BCUT2D eigenvalue weighted by atomic mass is 19.3. The van der Waals surface area contributed by atoms with Gasteiger partial charge in [-0.3, -0.25) is 9.48 Å². The molecule has 2 atom stereocenters. The Hall–Kier alpha value is -3.54. The number of fused-ring (bicyclic) bond motifs is 1. The van der Waals surface area contributed by atoms with Crippen LogP contribution < -0.4 is 26.8 Å². The standard InChI is InChI=1S/C23H30F3N7O2/c1-11(2)7-17(12(3)27)30-22-16(24)9-15(20(28)34)21(31-22)29-13-5-6-18-14(8-13)23(35-4)32-33(18)10-19(25)26/h5-6,8-9,11-12,17,19H,7,10,27H2,1-4H3,(H2,28,34)(H2,29,30,31)/t12-,17+/m0/s1. The molecule has 0 aliphatic carbocycles. The van der Waals surface area contributed by atoms with E-state index in [1.165, 1.54) is 7.11 Å². The van der Waals surface area contributed by atoms with Gasteiger partial charge in [0, 0.05) is 17.8 Å². The second-order valence-corrected chi connectivity index (χ2v) is 8.76. The Morgan fingerprint density at radius 3 is 2.49 bits per heavy atom. The zero-order valence-electron chi connectivity index (χ0n) is 20.0. The third-order valence-corrected chi connectivity index (χ3v) is 5.41. The van der Waals surface area contributed by atoms with Crippen molar-refractivity contribution < 1.29 is 22.7 Å². The van der Waals surface area contributed by atoms with E-state index in [1.807, 2.05) is 20.8 Å². The monoisotopic (exact) mass is 493 g/mol. The lowest BCUT2D eigenvalue weighted by Gasteiger charge is -2.25. The molecule has 0 fully saturated rings. The smallest absolute Gasteiger partial charge is 0.257 e. The van der Waals surface area contributed by atoms with Gasteiger partial charge in [0.15, 0.2) is 11.6 Å². The van der Waals surface area contributed by atoms with Crippen molar-refractivity contribution in [3.05, 3.63) is 35.6 Å². The summed E-state index contributed by atoms with van der Waals surface area (Å²) in [6.07, 6.45) is -1.91. The van der Waals surface area contributed by atoms with Crippen LogP contribution in [-0.4, -0.2) is 46.3 Å². The van der Waals surface area contributed by atoms with Gasteiger partial charge in [0.1, 0.15) is 12.4 Å². The first-order valence-corrected chi connectivity index (χ1v) is 11.1. The average molecular weight is 494 g/mol. The van der Waals surface area contributed by atoms with E-state index in [1.54, 1.807) is 18.2 Å². The number of halogens is 3. The fourth-order valence-corrected chi connectivity index (χ4v) is 3.75. The van der Waals surface area contributed by atoms with Gasteiger partial charge in [-0.05, 0) is 43.5 Å². The summed E-state index contributed by atoms with van der Waals surface area (Å²) in [5.74, 6) is -1.22. The number of hydrogen-bond donors (Lipinski definition) is 4. The third kappa shape index (κ3) is 6.13. The van der Waals surface area contributed by atoms with E-state index < -0.39 is 24.7 Å². The lowest BCUT2D eigenvalue weighted by molar-refractivity contribution is 0.1000. The lowest BCUT2D eigenvalue weighted by atomic mass is 9.99. The molecule has 0 aliphatic rings. The third-order valence-electron chi connectivity index (χ3n) is 5.41. The van der Waals surface area contributed by atoms with Crippen molar-refractivity contribution in [1.82, 2.24) is 14.8 Å². The van der Waals surface area contributed by atoms with Gasteiger partial charge in [0.25, 0.3) is 12.3 Å². The molecule has 0 radical (unpaired) electrons. The topological polar surface area (TPSA) is 133 Å². The maximum absolute atomic E-state index is 14.8. The molecule has 0 spiro atoms. The summed E-state index contributed by atoms with van der Waals surface area (Å²) < 4.78 is 47.0. The Morgan fingerprint density at radius 2 is 1.91 bits per heavy atom. The number of pyridine rings is 1. The number of benzene rings is 1. The molecule has 2 heterocycles. The van der Waals surface area contributed by atoms with E-state index in [-0.39, 0.29) is 35.2 Å². The molecule has 6 N–H and O–H groups in total. The fourth-order valence-electron chi connectivity index (χ4n) is 3.75. The number of amides is 1. The Bertz CT molecular complexity index is 1200. The molecule has 1 aromatic carbocycles. The predicted molar refractivity (Wildman–Crippen MR) is 129 cm³/mol. The number of primary amides is 1. The minimum Gasteiger partial charge on any atom is -0.479 e. The Labute approximate surface area is 201 Å². The second-order valence-electron chi connectivity index (χ2n) is 8.76. The molecule has 3 rings (SSSR count). The van der Waals surface area contributed by atoms with E-state index in [0.29, 0.717) is 28.9 Å². The van der Waals surface area contributed by atoms with Crippen LogP contribution in [0.15, 0.2) is 24.3 Å². The number of rotatable bonds is 11. The second kappa shape index (κ2) is 10.8. The number of carbonyl (C=O) groups is 1. The molecule has 0 aliphatic heterocycles. The zero-order chi connectivity index (χ0) is 25.9. The summed E-state index contributed by atoms with van der Waals surface area (Å²) in [4.78, 5) is 16.3. The number of methoxy groups -OCH3 is 1. The van der Waals surface area contributed by atoms with Crippen molar-refractivity contribution >= 4 is 34.1 Å². The van der Waals surface area contributed by atoms with Crippen molar-refractivity contribution in [2.24, 2.45) is 17.4 Å². The van der Waals surface area contributed by atoms with Gasteiger partial charge < -0.3 is 26.8 Å². The van der Waals surface area contributed by atoms with E-state index in [2.05, 4.69) is 20.7 Å². The average Bonchev–Trinajstić information content (AvgIpc) is 3.10. The van der Waals surface area contributed by atoms with Crippen LogP contribution in [0.1, 0.15) is 37.6 Å². The summed E-state index contributed by atoms with van der Waals surface area (Å²) in [5, 5.41) is 10.5. The number of hydrogen-bond acceptors (Lipinski definition) is 7. The number of aromatic nitrogens is 3. The Balaban J connectivity index is 2.00. The van der Waals surface area contributed by atoms with Gasteiger partial charge in [0.05, 0.1) is 23.6 Å². The molecular weight excluding hydrogens is 463 g/mol. The summed E-state index contributed by atoms with van der Waals surface area (Å²) in [6, 6.07) is 5.24. The fraction of sp³-hybridized carbons (Fsp3) is 0.435. The largest absolute Gasteiger partial charge is 0.479 e. The number of carbonyl (C=O) groups excluding carboxylic acids is 1. The van der Waals surface area contributed by atoms with Gasteiger partial charge >= 0.3 is 0 Å². The van der Waals surface area contributed by atoms with Gasteiger partial charge in [-0.15, -0.1) is 5.10 Å². The molecule has 2 aromatic heterocycles. The van der Waals surface area contributed by atoms with Crippen LogP contribution in [0, 0.1) is 11.7 Å². The number of nitrogens with zero attached hydrogens (tertiary/aromatic N) is 3. The normalized spacial score (nSPS) is 13.3. The molecule has 35 heavy (non-hydrogen) atoms. The summed E-state index contributed by atoms with van der Waals surface area (Å²) in [6.45, 7) is 5.27. The molecule has 0 bridgehead atoms. The van der Waals surface area contributed by atoms with Crippen LogP contribution in [0.25, 0.3) is 10.9 Å². The van der Waals surface area contributed by atoms with E-state index >= 15 is 0 Å². The maximum Gasteiger partial charge on any atom is 0.257 e. The van der Waals surface area contributed by atoms with Crippen molar-refractivity contribution in [3.8, 4) is 5.88 Å².